The van der Waals surface area contributed by atoms with E-state index in [4.69, 9.17) is 23.2 Å². The fourth-order valence-corrected chi connectivity index (χ4v) is 7.62. The molecular formula is C32H39Cl3N4O2. The summed E-state index contributed by atoms with van der Waals surface area (Å²) in [6.45, 7) is 5.59. The van der Waals surface area contributed by atoms with Gasteiger partial charge in [0.05, 0.1) is 0 Å². The fraction of sp³-hybridized carbons (Fsp3) is 0.500. The Hall–Kier alpha value is -2.25. The number of carbonyl (C=O) groups excluding carboxylic acids is 2. The highest BCUT2D eigenvalue weighted by molar-refractivity contribution is 6.36. The zero-order valence-corrected chi connectivity index (χ0v) is 25.7. The number of amides is 2. The van der Waals surface area contributed by atoms with Crippen LogP contribution in [0.3, 0.4) is 0 Å². The molecule has 2 amide bonds. The number of benzene rings is 2. The third kappa shape index (κ3) is 6.41. The highest BCUT2D eigenvalue weighted by Crippen LogP contribution is 2.38. The molecule has 41 heavy (non-hydrogen) atoms. The molecule has 3 saturated heterocycles. The van der Waals surface area contributed by atoms with Gasteiger partial charge in [0.25, 0.3) is 5.91 Å². The zero-order chi connectivity index (χ0) is 27.6. The van der Waals surface area contributed by atoms with E-state index in [-0.39, 0.29) is 24.2 Å². The second-order valence-electron chi connectivity index (χ2n) is 11.7. The number of nitrogens with zero attached hydrogens (tertiary/aromatic N) is 3. The predicted molar refractivity (Wildman–Crippen MR) is 168 cm³/mol. The number of halogens is 3. The first-order valence-corrected chi connectivity index (χ1v) is 15.6. The minimum absolute atomic E-state index is 0. The predicted octanol–water partition coefficient (Wildman–Crippen LogP) is 7.14. The van der Waals surface area contributed by atoms with Gasteiger partial charge in [-0.15, -0.1) is 12.4 Å². The molecule has 3 aliphatic rings. The van der Waals surface area contributed by atoms with Crippen molar-refractivity contribution >= 4 is 58.3 Å². The van der Waals surface area contributed by atoms with Crippen molar-refractivity contribution < 1.29 is 9.59 Å². The number of rotatable bonds is 5. The second-order valence-corrected chi connectivity index (χ2v) is 12.5. The van der Waals surface area contributed by atoms with Crippen LogP contribution in [0.1, 0.15) is 72.5 Å². The van der Waals surface area contributed by atoms with Crippen LogP contribution in [0.2, 0.25) is 10.0 Å². The van der Waals surface area contributed by atoms with E-state index < -0.39 is 0 Å². The molecule has 1 N–H and O–H groups in total. The molecule has 3 aromatic rings. The Morgan fingerprint density at radius 3 is 2.12 bits per heavy atom. The lowest BCUT2D eigenvalue weighted by Crippen LogP contribution is -2.46. The van der Waals surface area contributed by atoms with Gasteiger partial charge >= 0.3 is 0 Å². The van der Waals surface area contributed by atoms with Gasteiger partial charge in [0.1, 0.15) is 5.69 Å². The fourth-order valence-electron chi connectivity index (χ4n) is 6.91. The van der Waals surface area contributed by atoms with E-state index >= 15 is 0 Å². The van der Waals surface area contributed by atoms with Gasteiger partial charge in [0.2, 0.25) is 5.91 Å². The van der Waals surface area contributed by atoms with Crippen LogP contribution < -0.4 is 0 Å². The summed E-state index contributed by atoms with van der Waals surface area (Å²) in [5.41, 5.74) is 3.82. The lowest BCUT2D eigenvalue weighted by molar-refractivity contribution is -0.137. The molecule has 0 atom stereocenters. The van der Waals surface area contributed by atoms with Gasteiger partial charge < -0.3 is 14.8 Å². The highest BCUT2D eigenvalue weighted by Gasteiger charge is 2.33. The maximum Gasteiger partial charge on any atom is 0.270 e. The number of piperidine rings is 3. The van der Waals surface area contributed by atoms with Crippen molar-refractivity contribution in [1.29, 1.82) is 0 Å². The average Bonchev–Trinajstić information content (AvgIpc) is 3.36. The third-order valence-corrected chi connectivity index (χ3v) is 9.86. The normalized spacial score (nSPS) is 19.4. The molecule has 0 radical (unpaired) electrons. The van der Waals surface area contributed by atoms with Gasteiger partial charge in [0.15, 0.2) is 0 Å². The van der Waals surface area contributed by atoms with Gasteiger partial charge in [-0.2, -0.15) is 0 Å². The minimum atomic E-state index is 0. The Morgan fingerprint density at radius 1 is 0.780 bits per heavy atom. The number of hydrogen-bond acceptors (Lipinski definition) is 3. The molecule has 220 valence electrons. The van der Waals surface area contributed by atoms with E-state index in [1.165, 1.54) is 6.42 Å². The van der Waals surface area contributed by atoms with E-state index in [0.717, 1.165) is 103 Å². The van der Waals surface area contributed by atoms with Gasteiger partial charge in [-0.05, 0) is 87.7 Å². The number of para-hydroxylation sites is 1. The van der Waals surface area contributed by atoms with Crippen LogP contribution in [0, 0.1) is 5.92 Å². The van der Waals surface area contributed by atoms with Gasteiger partial charge in [-0.3, -0.25) is 14.5 Å². The number of fused-ring (bicyclic) bond motifs is 1. The zero-order valence-electron chi connectivity index (χ0n) is 23.4. The van der Waals surface area contributed by atoms with E-state index in [1.54, 1.807) is 0 Å². The molecule has 0 aliphatic carbocycles. The molecule has 0 unspecified atom stereocenters. The highest BCUT2D eigenvalue weighted by atomic mass is 35.5. The Bertz CT molecular complexity index is 1350. The van der Waals surface area contributed by atoms with Crippen molar-refractivity contribution in [1.82, 2.24) is 19.7 Å². The Labute approximate surface area is 258 Å². The molecule has 6 rings (SSSR count). The Morgan fingerprint density at radius 2 is 1.44 bits per heavy atom. The van der Waals surface area contributed by atoms with Crippen LogP contribution in [-0.2, 0) is 11.3 Å². The smallest absolute Gasteiger partial charge is 0.270 e. The molecular weight excluding hydrogens is 579 g/mol. The lowest BCUT2D eigenvalue weighted by Gasteiger charge is -2.36. The first-order valence-electron chi connectivity index (χ1n) is 14.8. The second kappa shape index (κ2) is 13.4. The third-order valence-electron chi connectivity index (χ3n) is 9.20. The van der Waals surface area contributed by atoms with Crippen LogP contribution in [0.5, 0.6) is 0 Å². The van der Waals surface area contributed by atoms with Crippen molar-refractivity contribution in [3.05, 3.63) is 69.3 Å². The Balaban J connectivity index is 0.00000337. The molecule has 3 aliphatic heterocycles. The minimum Gasteiger partial charge on any atom is -0.350 e. The maximum absolute atomic E-state index is 13.9. The quantitative estimate of drug-likeness (QED) is 0.331. The molecule has 0 bridgehead atoms. The van der Waals surface area contributed by atoms with Crippen LogP contribution in [-0.4, -0.2) is 70.8 Å². The first kappa shape index (κ1) is 30.2. The largest absolute Gasteiger partial charge is 0.350 e. The summed E-state index contributed by atoms with van der Waals surface area (Å²) in [6, 6.07) is 13.9. The number of likely N-dealkylation sites (tertiary alicyclic amines) is 3. The van der Waals surface area contributed by atoms with Gasteiger partial charge in [-0.25, -0.2) is 0 Å². The summed E-state index contributed by atoms with van der Waals surface area (Å²) in [5.74, 6) is 0.722. The SMILES string of the molecule is Cl.O=C(c1[nH]c2ccccc2c1CN1CCC(c2c(Cl)cccc2Cl)CC1)N1CCC(C(=O)N2CCCCC2)CC1. The van der Waals surface area contributed by atoms with E-state index in [0.29, 0.717) is 30.6 Å². The molecule has 4 heterocycles. The van der Waals surface area contributed by atoms with Crippen molar-refractivity contribution in [2.24, 2.45) is 5.92 Å². The molecule has 2 aromatic carbocycles. The summed E-state index contributed by atoms with van der Waals surface area (Å²) in [5, 5.41) is 2.60. The summed E-state index contributed by atoms with van der Waals surface area (Å²) < 4.78 is 0. The van der Waals surface area contributed by atoms with Crippen molar-refractivity contribution in [3.8, 4) is 0 Å². The summed E-state index contributed by atoms with van der Waals surface area (Å²) in [4.78, 5) is 36.8. The number of hydrogen-bond donors (Lipinski definition) is 1. The summed E-state index contributed by atoms with van der Waals surface area (Å²) in [7, 11) is 0. The maximum atomic E-state index is 13.9. The molecule has 0 spiro atoms. The number of H-pyrrole nitrogens is 1. The van der Waals surface area contributed by atoms with Gasteiger partial charge in [-0.1, -0.05) is 47.5 Å². The van der Waals surface area contributed by atoms with Crippen molar-refractivity contribution in [2.45, 2.75) is 57.4 Å². The number of aromatic nitrogens is 1. The van der Waals surface area contributed by atoms with E-state index in [1.807, 2.05) is 46.2 Å². The average molecular weight is 618 g/mol. The topological polar surface area (TPSA) is 59.7 Å². The van der Waals surface area contributed by atoms with Crippen LogP contribution in [0.4, 0.5) is 0 Å². The van der Waals surface area contributed by atoms with Gasteiger partial charge in [0, 0.05) is 65.2 Å². The number of aromatic amines is 1. The van der Waals surface area contributed by atoms with Crippen LogP contribution in [0.25, 0.3) is 10.9 Å². The number of nitrogens with one attached hydrogen (secondary N) is 1. The molecule has 6 nitrogen and oxygen atoms in total. The molecule has 3 fully saturated rings. The lowest BCUT2D eigenvalue weighted by atomic mass is 9.89. The van der Waals surface area contributed by atoms with Crippen molar-refractivity contribution in [3.63, 3.8) is 0 Å². The number of carbonyl (C=O) groups is 2. The standard InChI is InChI=1S/C32H38Cl2N4O2.ClH/c33-26-8-6-9-27(34)29(26)22-11-17-36(18-12-22)21-25-24-7-2-3-10-28(24)35-30(25)32(40)38-19-13-23(14-20-38)31(39)37-15-4-1-5-16-37;/h2-3,6-10,22-23,35H,1,4-5,11-21H2;1H. The van der Waals surface area contributed by atoms with E-state index in [2.05, 4.69) is 16.0 Å². The van der Waals surface area contributed by atoms with Crippen molar-refractivity contribution in [2.75, 3.05) is 39.3 Å². The monoisotopic (exact) mass is 616 g/mol. The van der Waals surface area contributed by atoms with E-state index in [9.17, 15) is 9.59 Å². The summed E-state index contributed by atoms with van der Waals surface area (Å²) in [6.07, 6.45) is 6.89. The van der Waals surface area contributed by atoms with Crippen LogP contribution >= 0.6 is 35.6 Å². The first-order chi connectivity index (χ1) is 19.5. The Kier molecular flexibility index (Phi) is 9.85. The molecule has 0 saturated carbocycles. The summed E-state index contributed by atoms with van der Waals surface area (Å²) >= 11 is 13.0. The van der Waals surface area contributed by atoms with Crippen LogP contribution in [0.15, 0.2) is 42.5 Å². The molecule has 9 heteroatoms. The molecule has 1 aromatic heterocycles.